The lowest BCUT2D eigenvalue weighted by Crippen LogP contribution is -2.31. The molecule has 1 aliphatic rings. The Bertz CT molecular complexity index is 342. The van der Waals surface area contributed by atoms with Gasteiger partial charge in [0.15, 0.2) is 0 Å². The molecule has 0 heterocycles. The molecule has 0 aliphatic heterocycles. The van der Waals surface area contributed by atoms with Gasteiger partial charge in [-0.15, -0.1) is 0 Å². The molecule has 0 aromatic heterocycles. The molecular formula is C14H20FN. The Morgan fingerprint density at radius 1 is 1.19 bits per heavy atom. The van der Waals surface area contributed by atoms with E-state index in [0.29, 0.717) is 6.54 Å². The molecule has 1 nitrogen and oxygen atoms in total. The summed E-state index contributed by atoms with van der Waals surface area (Å²) in [5.74, 6) is 0. The lowest BCUT2D eigenvalue weighted by molar-refractivity contribution is 0.226. The summed E-state index contributed by atoms with van der Waals surface area (Å²) in [5.41, 5.74) is 7.68. The van der Waals surface area contributed by atoms with Gasteiger partial charge in [-0.2, -0.15) is 0 Å². The van der Waals surface area contributed by atoms with Gasteiger partial charge in [0.25, 0.3) is 0 Å². The van der Waals surface area contributed by atoms with Crippen LogP contribution in [0.4, 0.5) is 4.39 Å². The van der Waals surface area contributed by atoms with Crippen LogP contribution in [0.2, 0.25) is 0 Å². The van der Waals surface area contributed by atoms with E-state index in [1.165, 1.54) is 6.42 Å². The van der Waals surface area contributed by atoms with Crippen molar-refractivity contribution in [2.45, 2.75) is 44.1 Å². The second kappa shape index (κ2) is 4.96. The molecular weight excluding hydrogens is 201 g/mol. The third-order valence-corrected chi connectivity index (χ3v) is 3.84. The van der Waals surface area contributed by atoms with Gasteiger partial charge in [0.2, 0.25) is 0 Å². The molecule has 1 aromatic carbocycles. The smallest absolute Gasteiger partial charge is 0.0990 e. The highest BCUT2D eigenvalue weighted by Crippen LogP contribution is 2.40. The predicted octanol–water partition coefficient (Wildman–Crippen LogP) is 3.32. The van der Waals surface area contributed by atoms with Gasteiger partial charge in [-0.1, -0.05) is 43.5 Å². The molecule has 0 amide bonds. The fourth-order valence-corrected chi connectivity index (χ4v) is 2.76. The number of halogens is 1. The SMILES string of the molecule is NCc1cccc(C2(CF)CCCCC2)c1. The van der Waals surface area contributed by atoms with E-state index in [1.807, 2.05) is 12.1 Å². The van der Waals surface area contributed by atoms with Gasteiger partial charge in [-0.3, -0.25) is 4.39 Å². The van der Waals surface area contributed by atoms with Crippen LogP contribution in [0.1, 0.15) is 43.2 Å². The maximum atomic E-state index is 13.4. The van der Waals surface area contributed by atoms with E-state index in [9.17, 15) is 4.39 Å². The van der Waals surface area contributed by atoms with Crippen molar-refractivity contribution in [3.05, 3.63) is 35.4 Å². The molecule has 0 spiro atoms. The largest absolute Gasteiger partial charge is 0.326 e. The Labute approximate surface area is 96.9 Å². The van der Waals surface area contributed by atoms with Gasteiger partial charge >= 0.3 is 0 Å². The first-order valence-corrected chi connectivity index (χ1v) is 6.16. The fourth-order valence-electron chi connectivity index (χ4n) is 2.76. The van der Waals surface area contributed by atoms with Crippen LogP contribution in [0.5, 0.6) is 0 Å². The van der Waals surface area contributed by atoms with Gasteiger partial charge in [-0.25, -0.2) is 0 Å². The summed E-state index contributed by atoms with van der Waals surface area (Å²) in [6.07, 6.45) is 5.51. The summed E-state index contributed by atoms with van der Waals surface area (Å²) in [6, 6.07) is 8.16. The van der Waals surface area contributed by atoms with E-state index >= 15 is 0 Å². The van der Waals surface area contributed by atoms with Crippen molar-refractivity contribution in [1.82, 2.24) is 0 Å². The molecule has 0 radical (unpaired) electrons. The van der Waals surface area contributed by atoms with Crippen LogP contribution in [0.15, 0.2) is 24.3 Å². The Balaban J connectivity index is 2.31. The first-order valence-electron chi connectivity index (χ1n) is 6.16. The molecule has 2 N–H and O–H groups in total. The second-order valence-corrected chi connectivity index (χ2v) is 4.88. The summed E-state index contributed by atoms with van der Waals surface area (Å²) in [5, 5.41) is 0. The van der Waals surface area contributed by atoms with E-state index in [-0.39, 0.29) is 12.1 Å². The standard InChI is InChI=1S/C14H20FN/c15-11-14(7-2-1-3-8-14)13-6-4-5-12(9-13)10-16/h4-6,9H,1-3,7-8,10-11,16H2. The highest BCUT2D eigenvalue weighted by atomic mass is 19.1. The van der Waals surface area contributed by atoms with Crippen LogP contribution in [0, 0.1) is 0 Å². The summed E-state index contributed by atoms with van der Waals surface area (Å²) < 4.78 is 13.4. The molecule has 88 valence electrons. The molecule has 1 aromatic rings. The monoisotopic (exact) mass is 221 g/mol. The lowest BCUT2D eigenvalue weighted by Gasteiger charge is -2.35. The van der Waals surface area contributed by atoms with Gasteiger partial charge in [-0.05, 0) is 24.0 Å². The third-order valence-electron chi connectivity index (χ3n) is 3.84. The average Bonchev–Trinajstić information content (AvgIpc) is 2.39. The van der Waals surface area contributed by atoms with Gasteiger partial charge in [0, 0.05) is 12.0 Å². The van der Waals surface area contributed by atoms with Crippen LogP contribution < -0.4 is 5.73 Å². The Hall–Kier alpha value is -0.890. The van der Waals surface area contributed by atoms with Crippen molar-refractivity contribution in [2.75, 3.05) is 6.67 Å². The molecule has 1 aliphatic carbocycles. The van der Waals surface area contributed by atoms with Gasteiger partial charge < -0.3 is 5.73 Å². The lowest BCUT2D eigenvalue weighted by atomic mass is 9.70. The van der Waals surface area contributed by atoms with Crippen molar-refractivity contribution in [2.24, 2.45) is 5.73 Å². The normalized spacial score (nSPS) is 19.6. The summed E-state index contributed by atoms with van der Waals surface area (Å²) in [7, 11) is 0. The second-order valence-electron chi connectivity index (χ2n) is 4.88. The maximum absolute atomic E-state index is 13.4. The number of rotatable bonds is 3. The van der Waals surface area contributed by atoms with E-state index in [4.69, 9.17) is 5.73 Å². The minimum Gasteiger partial charge on any atom is -0.326 e. The minimum atomic E-state index is -0.235. The summed E-state index contributed by atoms with van der Waals surface area (Å²) in [4.78, 5) is 0. The highest BCUT2D eigenvalue weighted by Gasteiger charge is 2.33. The van der Waals surface area contributed by atoms with Crippen molar-refractivity contribution in [3.63, 3.8) is 0 Å². The third kappa shape index (κ3) is 2.12. The number of hydrogen-bond acceptors (Lipinski definition) is 1. The Morgan fingerprint density at radius 3 is 2.56 bits per heavy atom. The topological polar surface area (TPSA) is 26.0 Å². The number of nitrogens with two attached hydrogens (primary N) is 1. The van der Waals surface area contributed by atoms with Crippen molar-refractivity contribution in [3.8, 4) is 0 Å². The number of benzene rings is 1. The van der Waals surface area contributed by atoms with E-state index < -0.39 is 0 Å². The summed E-state index contributed by atoms with van der Waals surface area (Å²) >= 11 is 0. The minimum absolute atomic E-state index is 0.219. The molecule has 1 fully saturated rings. The average molecular weight is 221 g/mol. The molecule has 16 heavy (non-hydrogen) atoms. The van der Waals surface area contributed by atoms with E-state index in [2.05, 4.69) is 12.1 Å². The van der Waals surface area contributed by atoms with E-state index in [1.54, 1.807) is 0 Å². The molecule has 2 heteroatoms. The predicted molar refractivity (Wildman–Crippen MR) is 65.1 cm³/mol. The molecule has 0 atom stereocenters. The molecule has 0 unspecified atom stereocenters. The molecule has 0 bridgehead atoms. The summed E-state index contributed by atoms with van der Waals surface area (Å²) in [6.45, 7) is 0.303. The van der Waals surface area contributed by atoms with Crippen LogP contribution in [0.3, 0.4) is 0 Å². The molecule has 2 rings (SSSR count). The van der Waals surface area contributed by atoms with E-state index in [0.717, 1.165) is 36.8 Å². The zero-order chi connectivity index (χ0) is 11.4. The maximum Gasteiger partial charge on any atom is 0.0990 e. The zero-order valence-corrected chi connectivity index (χ0v) is 9.71. The Kier molecular flexibility index (Phi) is 3.59. The van der Waals surface area contributed by atoms with Crippen molar-refractivity contribution < 1.29 is 4.39 Å². The van der Waals surface area contributed by atoms with Crippen LogP contribution >= 0.6 is 0 Å². The van der Waals surface area contributed by atoms with Crippen LogP contribution in [-0.4, -0.2) is 6.67 Å². The quantitative estimate of drug-likeness (QED) is 0.832. The van der Waals surface area contributed by atoms with Gasteiger partial charge in [0.1, 0.15) is 0 Å². The van der Waals surface area contributed by atoms with Crippen LogP contribution in [0.25, 0.3) is 0 Å². The van der Waals surface area contributed by atoms with Crippen molar-refractivity contribution >= 4 is 0 Å². The first-order chi connectivity index (χ1) is 7.80. The number of hydrogen-bond donors (Lipinski definition) is 1. The first kappa shape index (κ1) is 11.6. The fraction of sp³-hybridized carbons (Fsp3) is 0.571. The highest BCUT2D eigenvalue weighted by molar-refractivity contribution is 5.31. The zero-order valence-electron chi connectivity index (χ0n) is 9.71. The molecule has 0 saturated heterocycles. The molecule has 1 saturated carbocycles. The number of alkyl halides is 1. The van der Waals surface area contributed by atoms with Crippen LogP contribution in [-0.2, 0) is 12.0 Å². The van der Waals surface area contributed by atoms with Crippen molar-refractivity contribution in [1.29, 1.82) is 0 Å². The Morgan fingerprint density at radius 2 is 1.94 bits per heavy atom. The van der Waals surface area contributed by atoms with Gasteiger partial charge in [0.05, 0.1) is 6.67 Å².